The highest BCUT2D eigenvalue weighted by atomic mass is 79.9. The van der Waals surface area contributed by atoms with E-state index in [0.29, 0.717) is 5.69 Å². The third kappa shape index (κ3) is 4.71. The van der Waals surface area contributed by atoms with Crippen molar-refractivity contribution in [3.63, 3.8) is 0 Å². The number of H-pyrrole nitrogens is 1. The van der Waals surface area contributed by atoms with Crippen LogP contribution in [0, 0.1) is 0 Å². The van der Waals surface area contributed by atoms with E-state index in [2.05, 4.69) is 31.2 Å². The van der Waals surface area contributed by atoms with Crippen LogP contribution in [0.5, 0.6) is 0 Å². The van der Waals surface area contributed by atoms with Gasteiger partial charge in [0.2, 0.25) is 5.91 Å². The fourth-order valence-corrected chi connectivity index (χ4v) is 2.11. The number of benzene rings is 1. The third-order valence-electron chi connectivity index (χ3n) is 2.89. The van der Waals surface area contributed by atoms with Crippen molar-refractivity contribution in [3.05, 3.63) is 52.5 Å². The molecule has 0 saturated heterocycles. The number of imidazole rings is 1. The molecule has 21 heavy (non-hydrogen) atoms. The Labute approximate surface area is 129 Å². The summed E-state index contributed by atoms with van der Waals surface area (Å²) in [6, 6.07) is 6.32. The van der Waals surface area contributed by atoms with Gasteiger partial charge in [-0.2, -0.15) is 0 Å². The number of carbonyl (C=O) groups is 2. The highest BCUT2D eigenvalue weighted by Crippen LogP contribution is 2.11. The number of nitrogens with zero attached hydrogens (tertiary/aromatic N) is 1. The molecule has 1 aromatic heterocycles. The molecule has 6 nitrogen and oxygen atoms in total. The molecule has 110 valence electrons. The molecule has 0 unspecified atom stereocenters. The van der Waals surface area contributed by atoms with Crippen LogP contribution in [0.25, 0.3) is 0 Å². The van der Waals surface area contributed by atoms with Gasteiger partial charge in [0.05, 0.1) is 12.7 Å². The molecule has 0 aliphatic carbocycles. The number of amides is 1. The topological polar surface area (TPSA) is 95.1 Å². The SMILES string of the molecule is O=C(Cc1ccc(Br)cc1)N[C@H](Cc1cnc[nH]1)C(=O)O. The number of carboxylic acid groups (broad SMARTS) is 1. The highest BCUT2D eigenvalue weighted by molar-refractivity contribution is 9.10. The third-order valence-corrected chi connectivity index (χ3v) is 3.42. The highest BCUT2D eigenvalue weighted by Gasteiger charge is 2.21. The van der Waals surface area contributed by atoms with E-state index in [9.17, 15) is 9.59 Å². The Morgan fingerprint density at radius 3 is 2.62 bits per heavy atom. The predicted octanol–water partition coefficient (Wildman–Crippen LogP) is 1.53. The molecule has 2 rings (SSSR count). The van der Waals surface area contributed by atoms with Crippen molar-refractivity contribution < 1.29 is 14.7 Å². The zero-order valence-electron chi connectivity index (χ0n) is 11.0. The first-order valence-electron chi connectivity index (χ1n) is 6.28. The molecule has 0 saturated carbocycles. The van der Waals surface area contributed by atoms with E-state index in [1.807, 2.05) is 24.3 Å². The van der Waals surface area contributed by atoms with Crippen molar-refractivity contribution >= 4 is 27.8 Å². The molecule has 1 atom stereocenters. The number of aromatic nitrogens is 2. The van der Waals surface area contributed by atoms with E-state index in [4.69, 9.17) is 5.11 Å². The maximum absolute atomic E-state index is 11.9. The van der Waals surface area contributed by atoms with Crippen LogP contribution < -0.4 is 5.32 Å². The molecule has 0 aliphatic rings. The summed E-state index contributed by atoms with van der Waals surface area (Å²) in [5.41, 5.74) is 1.48. The smallest absolute Gasteiger partial charge is 0.326 e. The van der Waals surface area contributed by atoms with Gasteiger partial charge in [0.1, 0.15) is 6.04 Å². The maximum atomic E-state index is 11.9. The number of halogens is 1. The minimum Gasteiger partial charge on any atom is -0.480 e. The minimum atomic E-state index is -1.08. The molecular formula is C14H14BrN3O3. The summed E-state index contributed by atoms with van der Waals surface area (Å²) >= 11 is 3.32. The Balaban J connectivity index is 1.95. The van der Waals surface area contributed by atoms with Crippen LogP contribution in [0.4, 0.5) is 0 Å². The van der Waals surface area contributed by atoms with Crippen molar-refractivity contribution in [2.75, 3.05) is 0 Å². The van der Waals surface area contributed by atoms with E-state index in [0.717, 1.165) is 10.0 Å². The molecule has 7 heteroatoms. The second-order valence-electron chi connectivity index (χ2n) is 4.54. The van der Waals surface area contributed by atoms with Gasteiger partial charge in [-0.25, -0.2) is 9.78 Å². The van der Waals surface area contributed by atoms with Gasteiger partial charge in [-0.3, -0.25) is 4.79 Å². The Morgan fingerprint density at radius 1 is 1.33 bits per heavy atom. The first-order chi connectivity index (χ1) is 10.0. The zero-order valence-corrected chi connectivity index (χ0v) is 12.6. The summed E-state index contributed by atoms with van der Waals surface area (Å²) in [6.45, 7) is 0. The van der Waals surface area contributed by atoms with E-state index in [1.54, 1.807) is 0 Å². The van der Waals surface area contributed by atoms with Gasteiger partial charge in [0.25, 0.3) is 0 Å². The molecule has 3 N–H and O–H groups in total. The van der Waals surface area contributed by atoms with Gasteiger partial charge in [0.15, 0.2) is 0 Å². The summed E-state index contributed by atoms with van der Waals surface area (Å²) in [6.07, 6.45) is 3.32. The maximum Gasteiger partial charge on any atom is 0.326 e. The van der Waals surface area contributed by atoms with E-state index in [-0.39, 0.29) is 18.7 Å². The van der Waals surface area contributed by atoms with E-state index < -0.39 is 12.0 Å². The molecule has 1 heterocycles. The minimum absolute atomic E-state index is 0.139. The predicted molar refractivity (Wildman–Crippen MR) is 79.7 cm³/mol. The summed E-state index contributed by atoms with van der Waals surface area (Å²) in [7, 11) is 0. The van der Waals surface area contributed by atoms with Crippen molar-refractivity contribution in [2.24, 2.45) is 0 Å². The van der Waals surface area contributed by atoms with Gasteiger partial charge in [-0.1, -0.05) is 28.1 Å². The van der Waals surface area contributed by atoms with Crippen molar-refractivity contribution in [1.82, 2.24) is 15.3 Å². The fourth-order valence-electron chi connectivity index (χ4n) is 1.85. The van der Waals surface area contributed by atoms with Crippen LogP contribution in [0.1, 0.15) is 11.3 Å². The number of rotatable bonds is 6. The van der Waals surface area contributed by atoms with Crippen LogP contribution in [0.2, 0.25) is 0 Å². The first-order valence-corrected chi connectivity index (χ1v) is 7.08. The molecule has 0 fully saturated rings. The number of aliphatic carboxylic acids is 1. The van der Waals surface area contributed by atoms with Crippen LogP contribution in [0.3, 0.4) is 0 Å². The van der Waals surface area contributed by atoms with Crippen LogP contribution >= 0.6 is 15.9 Å². The fraction of sp³-hybridized carbons (Fsp3) is 0.214. The number of nitrogens with one attached hydrogen (secondary N) is 2. The largest absolute Gasteiger partial charge is 0.480 e. The van der Waals surface area contributed by atoms with E-state index in [1.165, 1.54) is 12.5 Å². The molecule has 2 aromatic rings. The summed E-state index contributed by atoms with van der Waals surface area (Å²) in [5.74, 6) is -1.40. The average molecular weight is 352 g/mol. The Hall–Kier alpha value is -2.15. The molecule has 0 aliphatic heterocycles. The lowest BCUT2D eigenvalue weighted by Gasteiger charge is -2.13. The Kier molecular flexibility index (Phi) is 5.10. The van der Waals surface area contributed by atoms with Crippen molar-refractivity contribution in [2.45, 2.75) is 18.9 Å². The number of hydrogen-bond donors (Lipinski definition) is 3. The average Bonchev–Trinajstić information content (AvgIpc) is 2.93. The molecule has 0 radical (unpaired) electrons. The van der Waals surface area contributed by atoms with Gasteiger partial charge < -0.3 is 15.4 Å². The lowest BCUT2D eigenvalue weighted by atomic mass is 10.1. The van der Waals surface area contributed by atoms with Gasteiger partial charge in [0, 0.05) is 22.8 Å². The van der Waals surface area contributed by atoms with Crippen LogP contribution in [0.15, 0.2) is 41.3 Å². The van der Waals surface area contributed by atoms with Gasteiger partial charge >= 0.3 is 5.97 Å². The Morgan fingerprint density at radius 2 is 2.05 bits per heavy atom. The summed E-state index contributed by atoms with van der Waals surface area (Å²) in [4.78, 5) is 29.8. The first kappa shape index (κ1) is 15.2. The quantitative estimate of drug-likeness (QED) is 0.735. The zero-order chi connectivity index (χ0) is 15.2. The molecule has 1 amide bonds. The van der Waals surface area contributed by atoms with E-state index >= 15 is 0 Å². The standard InChI is InChI=1S/C14H14BrN3O3/c15-10-3-1-9(2-4-10)5-13(19)18-12(14(20)21)6-11-7-16-8-17-11/h1-4,7-8,12H,5-6H2,(H,16,17)(H,18,19)(H,20,21)/t12-/m1/s1. The van der Waals surface area contributed by atoms with Crippen LogP contribution in [-0.4, -0.2) is 33.0 Å². The molecule has 0 bridgehead atoms. The number of hydrogen-bond acceptors (Lipinski definition) is 3. The second-order valence-corrected chi connectivity index (χ2v) is 5.46. The second kappa shape index (κ2) is 7.03. The van der Waals surface area contributed by atoms with Crippen LogP contribution in [-0.2, 0) is 22.4 Å². The molecular weight excluding hydrogens is 338 g/mol. The molecule has 1 aromatic carbocycles. The lowest BCUT2D eigenvalue weighted by molar-refractivity contribution is -0.141. The monoisotopic (exact) mass is 351 g/mol. The van der Waals surface area contributed by atoms with Gasteiger partial charge in [-0.05, 0) is 17.7 Å². The Bertz CT molecular complexity index is 611. The summed E-state index contributed by atoms with van der Waals surface area (Å²) in [5, 5.41) is 11.7. The number of aromatic amines is 1. The van der Waals surface area contributed by atoms with Gasteiger partial charge in [-0.15, -0.1) is 0 Å². The van der Waals surface area contributed by atoms with Crippen molar-refractivity contribution in [3.8, 4) is 0 Å². The normalized spacial score (nSPS) is 11.9. The summed E-state index contributed by atoms with van der Waals surface area (Å²) < 4.78 is 0.925. The number of carboxylic acids is 1. The number of carbonyl (C=O) groups excluding carboxylic acids is 1. The van der Waals surface area contributed by atoms with Crippen molar-refractivity contribution in [1.29, 1.82) is 0 Å². The molecule has 0 spiro atoms. The lowest BCUT2D eigenvalue weighted by Crippen LogP contribution is -2.43.